The number of aromatic hydroxyl groups is 1. The van der Waals surface area contributed by atoms with E-state index in [9.17, 15) is 5.11 Å². The Labute approximate surface area is 158 Å². The van der Waals surface area contributed by atoms with E-state index in [2.05, 4.69) is 34.3 Å². The summed E-state index contributed by atoms with van der Waals surface area (Å²) in [5, 5.41) is 24.6. The van der Waals surface area contributed by atoms with Gasteiger partial charge in [0.15, 0.2) is 5.82 Å². The summed E-state index contributed by atoms with van der Waals surface area (Å²) in [7, 11) is 0. The Kier molecular flexibility index (Phi) is 4.44. The molecule has 0 radical (unpaired) electrons. The van der Waals surface area contributed by atoms with Gasteiger partial charge in [0.1, 0.15) is 11.4 Å². The number of hydrogen-bond acceptors (Lipinski definition) is 6. The van der Waals surface area contributed by atoms with Gasteiger partial charge < -0.3 is 15.2 Å². The second kappa shape index (κ2) is 6.78. The average molecular weight is 364 g/mol. The summed E-state index contributed by atoms with van der Waals surface area (Å²) in [6.45, 7) is 6.88. The molecule has 1 aliphatic rings. The monoisotopic (exact) mass is 364 g/mol. The van der Waals surface area contributed by atoms with E-state index in [1.54, 1.807) is 18.5 Å². The van der Waals surface area contributed by atoms with Crippen LogP contribution in [0.3, 0.4) is 0 Å². The highest BCUT2D eigenvalue weighted by atomic mass is 16.5. The molecule has 1 saturated heterocycles. The molecule has 27 heavy (non-hydrogen) atoms. The molecule has 2 aromatic heterocycles. The number of phenols is 1. The molecular weight excluding hydrogens is 340 g/mol. The van der Waals surface area contributed by atoms with E-state index in [-0.39, 0.29) is 17.4 Å². The molecule has 1 aromatic carbocycles. The Hall–Kier alpha value is -2.73. The molecule has 0 amide bonds. The number of fused-ring (bicyclic) bond motifs is 1. The predicted molar refractivity (Wildman–Crippen MR) is 106 cm³/mol. The van der Waals surface area contributed by atoms with Crippen LogP contribution in [0.25, 0.3) is 22.0 Å². The summed E-state index contributed by atoms with van der Waals surface area (Å²) < 4.78 is 5.80. The van der Waals surface area contributed by atoms with Crippen molar-refractivity contribution in [3.8, 4) is 17.0 Å². The smallest absolute Gasteiger partial charge is 0.158 e. The maximum absolute atomic E-state index is 10.4. The van der Waals surface area contributed by atoms with Crippen LogP contribution in [0.1, 0.15) is 32.3 Å². The number of phenolic OH excluding ortho intramolecular Hbond substituents is 1. The lowest BCUT2D eigenvalue weighted by Crippen LogP contribution is -2.40. The fraction of sp³-hybridized carbons (Fsp3) is 0.381. The molecule has 1 atom stereocenters. The Balaban J connectivity index is 1.74. The molecule has 140 valence electrons. The van der Waals surface area contributed by atoms with Crippen LogP contribution < -0.4 is 5.32 Å². The Morgan fingerprint density at radius 3 is 2.81 bits per heavy atom. The highest BCUT2D eigenvalue weighted by molar-refractivity contribution is 6.00. The second-order valence-corrected chi connectivity index (χ2v) is 7.78. The lowest BCUT2D eigenvalue weighted by atomic mass is 9.94. The summed E-state index contributed by atoms with van der Waals surface area (Å²) >= 11 is 0. The maximum Gasteiger partial charge on any atom is 0.158 e. The molecule has 0 spiro atoms. The fourth-order valence-corrected chi connectivity index (χ4v) is 3.69. The normalized spacial score (nSPS) is 19.1. The topological polar surface area (TPSA) is 80.2 Å². The van der Waals surface area contributed by atoms with Crippen LogP contribution >= 0.6 is 0 Å². The van der Waals surface area contributed by atoms with Crippen molar-refractivity contribution < 1.29 is 9.84 Å². The average Bonchev–Trinajstić information content (AvgIpc) is 2.62. The highest BCUT2D eigenvalue weighted by Crippen LogP contribution is 2.35. The first kappa shape index (κ1) is 17.7. The van der Waals surface area contributed by atoms with Crippen LogP contribution in [-0.4, -0.2) is 38.5 Å². The molecule has 1 unspecified atom stereocenters. The molecule has 1 fully saturated rings. The molecule has 3 aromatic rings. The molecule has 0 saturated carbocycles. The standard InChI is InChI=1S/C21H24N4O2/c1-13-4-5-16(18(26)10-13)19-15-6-8-22-12-17(15)20(25-24-19)23-14-7-9-27-21(2,3)11-14/h4-6,8,10,12,14,26H,7,9,11H2,1-3H3,(H,23,25). The van der Waals surface area contributed by atoms with E-state index in [4.69, 9.17) is 4.74 Å². The van der Waals surface area contributed by atoms with Gasteiger partial charge in [0.05, 0.1) is 5.60 Å². The third-order valence-corrected chi connectivity index (χ3v) is 5.03. The molecular formula is C21H24N4O2. The second-order valence-electron chi connectivity index (χ2n) is 7.78. The van der Waals surface area contributed by atoms with Gasteiger partial charge in [0, 0.05) is 41.4 Å². The van der Waals surface area contributed by atoms with E-state index < -0.39 is 0 Å². The van der Waals surface area contributed by atoms with E-state index in [0.29, 0.717) is 11.3 Å². The zero-order chi connectivity index (χ0) is 19.0. The lowest BCUT2D eigenvalue weighted by molar-refractivity contribution is -0.0553. The van der Waals surface area contributed by atoms with Crippen molar-refractivity contribution in [3.63, 3.8) is 0 Å². The van der Waals surface area contributed by atoms with Crippen LogP contribution in [0.4, 0.5) is 5.82 Å². The first-order valence-electron chi connectivity index (χ1n) is 9.24. The van der Waals surface area contributed by atoms with Crippen molar-refractivity contribution in [2.24, 2.45) is 0 Å². The number of rotatable bonds is 3. The summed E-state index contributed by atoms with van der Waals surface area (Å²) in [6, 6.07) is 7.76. The third-order valence-electron chi connectivity index (χ3n) is 5.03. The number of pyridine rings is 1. The van der Waals surface area contributed by atoms with Gasteiger partial charge in [-0.2, -0.15) is 0 Å². The zero-order valence-corrected chi connectivity index (χ0v) is 15.9. The first-order chi connectivity index (χ1) is 12.9. The van der Waals surface area contributed by atoms with Crippen LogP contribution in [0.2, 0.25) is 0 Å². The van der Waals surface area contributed by atoms with Gasteiger partial charge in [-0.05, 0) is 57.4 Å². The van der Waals surface area contributed by atoms with Crippen molar-refractivity contribution >= 4 is 16.6 Å². The minimum Gasteiger partial charge on any atom is -0.507 e. The minimum absolute atomic E-state index is 0.148. The van der Waals surface area contributed by atoms with Crippen LogP contribution in [0, 0.1) is 6.92 Å². The predicted octanol–water partition coefficient (Wildman–Crippen LogP) is 4.08. The molecule has 0 bridgehead atoms. The van der Waals surface area contributed by atoms with Crippen molar-refractivity contribution in [2.45, 2.75) is 45.3 Å². The number of ether oxygens (including phenoxy) is 1. The van der Waals surface area contributed by atoms with Crippen LogP contribution in [0.5, 0.6) is 5.75 Å². The molecule has 6 nitrogen and oxygen atoms in total. The van der Waals surface area contributed by atoms with E-state index in [1.807, 2.05) is 25.1 Å². The number of nitrogens with zero attached hydrogens (tertiary/aromatic N) is 3. The Bertz CT molecular complexity index is 987. The molecule has 1 aliphatic heterocycles. The van der Waals surface area contributed by atoms with Crippen molar-refractivity contribution in [1.29, 1.82) is 0 Å². The van der Waals surface area contributed by atoms with Gasteiger partial charge in [-0.15, -0.1) is 10.2 Å². The number of nitrogens with one attached hydrogen (secondary N) is 1. The van der Waals surface area contributed by atoms with Crippen molar-refractivity contribution in [2.75, 3.05) is 11.9 Å². The van der Waals surface area contributed by atoms with Crippen LogP contribution in [0.15, 0.2) is 36.7 Å². The van der Waals surface area contributed by atoms with Gasteiger partial charge >= 0.3 is 0 Å². The minimum atomic E-state index is -0.148. The molecule has 0 aliphatic carbocycles. The van der Waals surface area contributed by atoms with Gasteiger partial charge in [-0.1, -0.05) is 6.07 Å². The fourth-order valence-electron chi connectivity index (χ4n) is 3.69. The quantitative estimate of drug-likeness (QED) is 0.729. The summed E-state index contributed by atoms with van der Waals surface area (Å²) in [5.74, 6) is 0.922. The van der Waals surface area contributed by atoms with Gasteiger partial charge in [0.2, 0.25) is 0 Å². The zero-order valence-electron chi connectivity index (χ0n) is 15.9. The van der Waals surface area contributed by atoms with Gasteiger partial charge in [-0.3, -0.25) is 4.98 Å². The number of aryl methyl sites for hydroxylation is 1. The number of hydrogen-bond donors (Lipinski definition) is 2. The molecule has 3 heterocycles. The molecule has 2 N–H and O–H groups in total. The molecule has 6 heteroatoms. The number of anilines is 1. The summed E-state index contributed by atoms with van der Waals surface area (Å²) in [5.41, 5.74) is 2.17. The van der Waals surface area contributed by atoms with Crippen molar-refractivity contribution in [3.05, 3.63) is 42.2 Å². The highest BCUT2D eigenvalue weighted by Gasteiger charge is 2.29. The van der Waals surface area contributed by atoms with Gasteiger partial charge in [-0.25, -0.2) is 0 Å². The Morgan fingerprint density at radius 2 is 2.04 bits per heavy atom. The summed E-state index contributed by atoms with van der Waals surface area (Å²) in [6.07, 6.45) is 5.36. The van der Waals surface area contributed by atoms with Gasteiger partial charge in [0.25, 0.3) is 0 Å². The first-order valence-corrected chi connectivity index (χ1v) is 9.24. The van der Waals surface area contributed by atoms with E-state index >= 15 is 0 Å². The van der Waals surface area contributed by atoms with E-state index in [0.717, 1.165) is 41.6 Å². The molecule has 4 rings (SSSR count). The Morgan fingerprint density at radius 1 is 1.19 bits per heavy atom. The number of aromatic nitrogens is 3. The number of benzene rings is 1. The third kappa shape index (κ3) is 3.57. The largest absolute Gasteiger partial charge is 0.507 e. The maximum atomic E-state index is 10.4. The van der Waals surface area contributed by atoms with Crippen LogP contribution in [-0.2, 0) is 4.74 Å². The summed E-state index contributed by atoms with van der Waals surface area (Å²) in [4.78, 5) is 4.27. The van der Waals surface area contributed by atoms with E-state index in [1.165, 1.54) is 0 Å². The SMILES string of the molecule is Cc1ccc(-c2nnc(NC3CCOC(C)(C)C3)c3cnccc23)c(O)c1. The van der Waals surface area contributed by atoms with Crippen molar-refractivity contribution in [1.82, 2.24) is 15.2 Å². The lowest BCUT2D eigenvalue weighted by Gasteiger charge is -2.36.